The van der Waals surface area contributed by atoms with Crippen molar-refractivity contribution in [2.24, 2.45) is 0 Å². The van der Waals surface area contributed by atoms with Crippen molar-refractivity contribution in [3.63, 3.8) is 0 Å². The molecule has 90 valence electrons. The second kappa shape index (κ2) is 5.81. The highest BCUT2D eigenvalue weighted by atomic mass is 16.5. The summed E-state index contributed by atoms with van der Waals surface area (Å²) in [7, 11) is 0. The number of nitrogens with one attached hydrogen (secondary N) is 1. The molecule has 3 heteroatoms. The number of rotatable bonds is 3. The smallest absolute Gasteiger partial charge is 0.0991 e. The van der Waals surface area contributed by atoms with E-state index in [4.69, 9.17) is 10.00 Å². The summed E-state index contributed by atoms with van der Waals surface area (Å²) >= 11 is 0. The van der Waals surface area contributed by atoms with Crippen LogP contribution in [0, 0.1) is 11.3 Å². The van der Waals surface area contributed by atoms with Crippen molar-refractivity contribution in [3.8, 4) is 6.07 Å². The van der Waals surface area contributed by atoms with Crippen LogP contribution in [0.2, 0.25) is 0 Å². The minimum absolute atomic E-state index is 0.0774. The second-order valence-corrected chi connectivity index (χ2v) is 4.43. The molecule has 1 aromatic carbocycles. The number of hydrogen-bond donors (Lipinski definition) is 1. The third-order valence-electron chi connectivity index (χ3n) is 3.06. The van der Waals surface area contributed by atoms with Gasteiger partial charge in [-0.3, -0.25) is 0 Å². The Morgan fingerprint density at radius 3 is 3.12 bits per heavy atom. The Bertz CT molecular complexity index is 409. The molecule has 0 spiro atoms. The maximum absolute atomic E-state index is 8.89. The number of nitrogens with zero attached hydrogens (tertiary/aromatic N) is 1. The Morgan fingerprint density at radius 1 is 1.47 bits per heavy atom. The summed E-state index contributed by atoms with van der Waals surface area (Å²) in [5.74, 6) is 0. The number of nitriles is 1. The van der Waals surface area contributed by atoms with E-state index in [-0.39, 0.29) is 6.10 Å². The molecule has 0 aromatic heterocycles. The molecule has 0 bridgehead atoms. The van der Waals surface area contributed by atoms with Gasteiger partial charge in [0, 0.05) is 13.1 Å². The molecule has 0 saturated carbocycles. The Hall–Kier alpha value is -1.37. The second-order valence-electron chi connectivity index (χ2n) is 4.43. The molecule has 1 aliphatic heterocycles. The summed E-state index contributed by atoms with van der Waals surface area (Å²) in [5, 5.41) is 12.3. The molecule has 1 fully saturated rings. The highest BCUT2D eigenvalue weighted by molar-refractivity contribution is 5.34. The number of hydrogen-bond acceptors (Lipinski definition) is 3. The fourth-order valence-electron chi connectivity index (χ4n) is 2.20. The van der Waals surface area contributed by atoms with Gasteiger partial charge in [-0.15, -0.1) is 0 Å². The van der Waals surface area contributed by atoms with Gasteiger partial charge in [0.05, 0.1) is 23.8 Å². The first-order valence-corrected chi connectivity index (χ1v) is 6.19. The van der Waals surface area contributed by atoms with Crippen molar-refractivity contribution in [2.75, 3.05) is 13.1 Å². The van der Waals surface area contributed by atoms with Gasteiger partial charge >= 0.3 is 0 Å². The Kier molecular flexibility index (Phi) is 4.13. The molecular weight excluding hydrogens is 212 g/mol. The highest BCUT2D eigenvalue weighted by Gasteiger charge is 2.22. The topological polar surface area (TPSA) is 45.0 Å². The summed E-state index contributed by atoms with van der Waals surface area (Å²) < 4.78 is 6.04. The molecule has 1 aromatic rings. The van der Waals surface area contributed by atoms with E-state index in [0.29, 0.717) is 11.7 Å². The molecular formula is C14H18N2O. The van der Waals surface area contributed by atoms with E-state index in [1.54, 1.807) is 0 Å². The first-order chi connectivity index (χ1) is 8.33. The molecule has 1 N–H and O–H groups in total. The summed E-state index contributed by atoms with van der Waals surface area (Å²) in [5.41, 5.74) is 1.79. The first-order valence-electron chi connectivity index (χ1n) is 6.19. The summed E-state index contributed by atoms with van der Waals surface area (Å²) in [6, 6.07) is 9.85. The summed E-state index contributed by atoms with van der Waals surface area (Å²) in [6.07, 6.45) is 2.59. The normalized spacial score (nSPS) is 24.2. The molecule has 1 aliphatic rings. The molecule has 0 radical (unpaired) electrons. The van der Waals surface area contributed by atoms with Crippen molar-refractivity contribution in [1.82, 2.24) is 5.32 Å². The molecule has 2 rings (SSSR count). The number of ether oxygens (including phenoxy) is 1. The van der Waals surface area contributed by atoms with Crippen LogP contribution in [-0.4, -0.2) is 19.2 Å². The minimum Gasteiger partial charge on any atom is -0.368 e. The lowest BCUT2D eigenvalue weighted by Gasteiger charge is -2.31. The Balaban J connectivity index is 2.08. The van der Waals surface area contributed by atoms with Crippen molar-refractivity contribution in [2.45, 2.75) is 32.0 Å². The fraction of sp³-hybridized carbons (Fsp3) is 0.500. The molecule has 1 saturated heterocycles. The molecule has 1 heterocycles. The van der Waals surface area contributed by atoms with Crippen LogP contribution in [0.3, 0.4) is 0 Å². The quantitative estimate of drug-likeness (QED) is 0.867. The van der Waals surface area contributed by atoms with Crippen LogP contribution in [0.25, 0.3) is 0 Å². The van der Waals surface area contributed by atoms with E-state index >= 15 is 0 Å². The van der Waals surface area contributed by atoms with E-state index in [1.807, 2.05) is 24.3 Å². The standard InChI is InChI=1S/C14H18N2O/c1-2-4-13-9-16-10-14(17-13)12-6-3-5-11(7-12)8-15/h3,5-7,13-14,16H,2,4,9-10H2,1H3. The van der Waals surface area contributed by atoms with E-state index in [0.717, 1.165) is 31.5 Å². The number of morpholine rings is 1. The highest BCUT2D eigenvalue weighted by Crippen LogP contribution is 2.23. The molecule has 3 nitrogen and oxygen atoms in total. The fourth-order valence-corrected chi connectivity index (χ4v) is 2.20. The lowest BCUT2D eigenvalue weighted by molar-refractivity contribution is -0.0425. The Morgan fingerprint density at radius 2 is 2.35 bits per heavy atom. The third kappa shape index (κ3) is 3.06. The van der Waals surface area contributed by atoms with Gasteiger partial charge in [-0.05, 0) is 24.1 Å². The molecule has 0 amide bonds. The predicted octanol–water partition coefficient (Wildman–Crippen LogP) is 2.39. The van der Waals surface area contributed by atoms with Crippen molar-refractivity contribution in [1.29, 1.82) is 5.26 Å². The van der Waals surface area contributed by atoms with Crippen molar-refractivity contribution >= 4 is 0 Å². The van der Waals surface area contributed by atoms with E-state index in [9.17, 15) is 0 Å². The van der Waals surface area contributed by atoms with Gasteiger partial charge in [-0.25, -0.2) is 0 Å². The van der Waals surface area contributed by atoms with Crippen LogP contribution in [-0.2, 0) is 4.74 Å². The van der Waals surface area contributed by atoms with Crippen LogP contribution in [0.5, 0.6) is 0 Å². The molecule has 0 aliphatic carbocycles. The summed E-state index contributed by atoms with van der Waals surface area (Å²) in [6.45, 7) is 3.93. The van der Waals surface area contributed by atoms with Crippen LogP contribution in [0.4, 0.5) is 0 Å². The van der Waals surface area contributed by atoms with Gasteiger partial charge in [-0.1, -0.05) is 25.5 Å². The van der Waals surface area contributed by atoms with Crippen LogP contribution >= 0.6 is 0 Å². The van der Waals surface area contributed by atoms with E-state index in [2.05, 4.69) is 18.3 Å². The SMILES string of the molecule is CCCC1CNCC(c2cccc(C#N)c2)O1. The monoisotopic (exact) mass is 230 g/mol. The number of benzene rings is 1. The average Bonchev–Trinajstić information content (AvgIpc) is 2.40. The van der Waals surface area contributed by atoms with Crippen molar-refractivity contribution in [3.05, 3.63) is 35.4 Å². The maximum Gasteiger partial charge on any atom is 0.0991 e. The Labute approximate surface area is 102 Å². The van der Waals surface area contributed by atoms with E-state index in [1.165, 1.54) is 0 Å². The van der Waals surface area contributed by atoms with Gasteiger partial charge in [0.25, 0.3) is 0 Å². The molecule has 2 atom stereocenters. The zero-order chi connectivity index (χ0) is 12.1. The van der Waals surface area contributed by atoms with Gasteiger partial charge in [0.15, 0.2) is 0 Å². The van der Waals surface area contributed by atoms with Crippen LogP contribution in [0.15, 0.2) is 24.3 Å². The third-order valence-corrected chi connectivity index (χ3v) is 3.06. The van der Waals surface area contributed by atoms with Gasteiger partial charge in [0.2, 0.25) is 0 Å². The largest absolute Gasteiger partial charge is 0.368 e. The van der Waals surface area contributed by atoms with Crippen LogP contribution in [0.1, 0.15) is 37.0 Å². The maximum atomic E-state index is 8.89. The molecule has 17 heavy (non-hydrogen) atoms. The zero-order valence-electron chi connectivity index (χ0n) is 10.1. The zero-order valence-corrected chi connectivity index (χ0v) is 10.1. The first kappa shape index (κ1) is 12.1. The van der Waals surface area contributed by atoms with Gasteiger partial charge < -0.3 is 10.1 Å². The van der Waals surface area contributed by atoms with Crippen LogP contribution < -0.4 is 5.32 Å². The summed E-state index contributed by atoms with van der Waals surface area (Å²) in [4.78, 5) is 0. The lowest BCUT2D eigenvalue weighted by Crippen LogP contribution is -2.40. The lowest BCUT2D eigenvalue weighted by atomic mass is 10.0. The minimum atomic E-state index is 0.0774. The van der Waals surface area contributed by atoms with E-state index < -0.39 is 0 Å². The average molecular weight is 230 g/mol. The van der Waals surface area contributed by atoms with Crippen molar-refractivity contribution < 1.29 is 4.74 Å². The predicted molar refractivity (Wildman–Crippen MR) is 66.5 cm³/mol. The molecule has 2 unspecified atom stereocenters. The van der Waals surface area contributed by atoms with Gasteiger partial charge in [0.1, 0.15) is 0 Å². The van der Waals surface area contributed by atoms with Gasteiger partial charge in [-0.2, -0.15) is 5.26 Å².